The fourth-order valence-electron chi connectivity index (χ4n) is 1.96. The zero-order valence-corrected chi connectivity index (χ0v) is 11.6. The van der Waals surface area contributed by atoms with Gasteiger partial charge in [-0.2, -0.15) is 0 Å². The summed E-state index contributed by atoms with van der Waals surface area (Å²) in [4.78, 5) is 0.333. The summed E-state index contributed by atoms with van der Waals surface area (Å²) >= 11 is 12.3. The van der Waals surface area contributed by atoms with Gasteiger partial charge in [0, 0.05) is 10.7 Å². The van der Waals surface area contributed by atoms with Crippen molar-refractivity contribution in [3.63, 3.8) is 0 Å². The summed E-state index contributed by atoms with van der Waals surface area (Å²) in [6.07, 6.45) is 0. The minimum Gasteiger partial charge on any atom is -0.359 e. The van der Waals surface area contributed by atoms with E-state index in [0.29, 0.717) is 31.8 Å². The lowest BCUT2D eigenvalue weighted by Gasteiger charge is -2.02. The van der Waals surface area contributed by atoms with Crippen LogP contribution in [0.3, 0.4) is 0 Å². The molecule has 20 heavy (non-hydrogen) atoms. The first-order valence-electron chi connectivity index (χ1n) is 5.78. The molecule has 0 bridgehead atoms. The van der Waals surface area contributed by atoms with Crippen molar-refractivity contribution in [2.45, 2.75) is 0 Å². The van der Waals surface area contributed by atoms with Crippen molar-refractivity contribution in [3.8, 4) is 22.5 Å². The predicted octanol–water partition coefficient (Wildman–Crippen LogP) is 3.95. The molecule has 0 saturated heterocycles. The lowest BCUT2D eigenvalue weighted by Crippen LogP contribution is -2.25. The summed E-state index contributed by atoms with van der Waals surface area (Å²) in [5, 5.41) is 16.6. The van der Waals surface area contributed by atoms with Crippen LogP contribution in [0.5, 0.6) is 0 Å². The number of hydrogen-bond acceptors (Lipinski definition) is 3. The summed E-state index contributed by atoms with van der Waals surface area (Å²) in [6.45, 7) is 0. The average molecular weight is 307 g/mol. The molecule has 2 aromatic carbocycles. The highest BCUT2D eigenvalue weighted by molar-refractivity contribution is 6.34. The fraction of sp³-hybridized carbons (Fsp3) is 0. The first kappa shape index (κ1) is 13.0. The molecule has 1 aromatic heterocycles. The second-order valence-electron chi connectivity index (χ2n) is 4.09. The van der Waals surface area contributed by atoms with Gasteiger partial charge >= 0.3 is 0 Å². The molecule has 0 aliphatic heterocycles. The van der Waals surface area contributed by atoms with Crippen LogP contribution in [0.4, 0.5) is 0 Å². The smallest absolute Gasteiger partial charge is 0.257 e. The third-order valence-electron chi connectivity index (χ3n) is 2.87. The first-order chi connectivity index (χ1) is 9.68. The maximum absolute atomic E-state index is 11.9. The van der Waals surface area contributed by atoms with Gasteiger partial charge in [-0.05, 0) is 29.2 Å². The van der Waals surface area contributed by atoms with Crippen LogP contribution in [0, 0.1) is 5.21 Å². The van der Waals surface area contributed by atoms with Gasteiger partial charge in [0.25, 0.3) is 5.69 Å². The third kappa shape index (κ3) is 2.13. The van der Waals surface area contributed by atoms with Crippen molar-refractivity contribution in [3.05, 3.63) is 63.8 Å². The highest BCUT2D eigenvalue weighted by Crippen LogP contribution is 2.35. The molecule has 6 heteroatoms. The predicted molar refractivity (Wildman–Crippen MR) is 76.4 cm³/mol. The van der Waals surface area contributed by atoms with Gasteiger partial charge in [0.05, 0.1) is 15.6 Å². The van der Waals surface area contributed by atoms with Crippen LogP contribution in [-0.2, 0) is 0 Å². The Bertz CT molecular complexity index is 771. The third-order valence-corrected chi connectivity index (χ3v) is 3.53. The Balaban J connectivity index is 2.26. The lowest BCUT2D eigenvalue weighted by atomic mass is 10.0. The highest BCUT2D eigenvalue weighted by Gasteiger charge is 2.25. The lowest BCUT2D eigenvalue weighted by molar-refractivity contribution is -0.793. The van der Waals surface area contributed by atoms with Crippen LogP contribution >= 0.6 is 23.2 Å². The molecule has 0 N–H and O–H groups in total. The second kappa shape index (κ2) is 5.15. The fourth-order valence-corrected chi connectivity index (χ4v) is 2.41. The number of nitrogens with zero attached hydrogens (tertiary/aromatic N) is 2. The minimum atomic E-state index is 0.240. The summed E-state index contributed by atoms with van der Waals surface area (Å²) in [5.74, 6) is 0. The second-order valence-corrected chi connectivity index (χ2v) is 4.90. The van der Waals surface area contributed by atoms with Crippen LogP contribution in [0.1, 0.15) is 0 Å². The van der Waals surface area contributed by atoms with E-state index < -0.39 is 0 Å². The number of hydrogen-bond donors (Lipinski definition) is 0. The molecule has 0 radical (unpaired) electrons. The molecule has 0 aliphatic carbocycles. The van der Waals surface area contributed by atoms with Crippen LogP contribution in [0.15, 0.2) is 53.2 Å². The molecule has 100 valence electrons. The average Bonchev–Trinajstić information content (AvgIpc) is 2.82. The van der Waals surface area contributed by atoms with Gasteiger partial charge in [0.15, 0.2) is 0 Å². The maximum Gasteiger partial charge on any atom is 0.257 e. The van der Waals surface area contributed by atoms with Crippen LogP contribution in [0.2, 0.25) is 10.0 Å². The van der Waals surface area contributed by atoms with Crippen LogP contribution < -0.4 is 4.90 Å². The van der Waals surface area contributed by atoms with E-state index in [-0.39, 0.29) is 5.69 Å². The van der Waals surface area contributed by atoms with Gasteiger partial charge < -0.3 is 5.21 Å². The van der Waals surface area contributed by atoms with E-state index in [0.717, 1.165) is 0 Å². The quantitative estimate of drug-likeness (QED) is 0.674. The zero-order valence-electron chi connectivity index (χ0n) is 10.1. The van der Waals surface area contributed by atoms with Crippen molar-refractivity contribution >= 4 is 23.2 Å². The Morgan fingerprint density at radius 3 is 2.05 bits per heavy atom. The molecule has 0 saturated carbocycles. The van der Waals surface area contributed by atoms with Crippen molar-refractivity contribution in [1.82, 2.24) is 5.16 Å². The van der Waals surface area contributed by atoms with E-state index in [1.54, 1.807) is 48.5 Å². The largest absolute Gasteiger partial charge is 0.359 e. The molecule has 0 aliphatic rings. The Hall–Kier alpha value is -2.04. The van der Waals surface area contributed by atoms with E-state index in [2.05, 4.69) is 5.16 Å². The summed E-state index contributed by atoms with van der Waals surface area (Å²) < 4.78 is 4.71. The van der Waals surface area contributed by atoms with Crippen molar-refractivity contribution < 1.29 is 9.53 Å². The van der Waals surface area contributed by atoms with E-state index in [4.69, 9.17) is 27.8 Å². The van der Waals surface area contributed by atoms with Crippen molar-refractivity contribution in [1.29, 1.82) is 0 Å². The minimum absolute atomic E-state index is 0.240. The normalized spacial score (nSPS) is 10.7. The van der Waals surface area contributed by atoms with Gasteiger partial charge in [-0.25, -0.2) is 0 Å². The Labute approximate surface area is 124 Å². The Morgan fingerprint density at radius 1 is 0.900 bits per heavy atom. The standard InChI is InChI=1S/C14H8Cl2N2O2/c15-11-7-3-1-5-9(11)13-14(18(19)20-17-13)10-6-2-4-8-12(10)16/h1-8H. The van der Waals surface area contributed by atoms with Crippen molar-refractivity contribution in [2.75, 3.05) is 0 Å². The molecule has 0 spiro atoms. The number of halogens is 2. The first-order valence-corrected chi connectivity index (χ1v) is 6.53. The topological polar surface area (TPSA) is 53.0 Å². The summed E-state index contributed by atoms with van der Waals surface area (Å²) in [5.41, 5.74) is 1.75. The van der Waals surface area contributed by atoms with E-state index in [1.807, 2.05) is 0 Å². The maximum atomic E-state index is 11.9. The molecular formula is C14H8Cl2N2O2. The van der Waals surface area contributed by atoms with Gasteiger partial charge in [-0.15, -0.1) is 0 Å². The van der Waals surface area contributed by atoms with E-state index in [9.17, 15) is 5.21 Å². The van der Waals surface area contributed by atoms with E-state index in [1.165, 1.54) is 0 Å². The number of benzene rings is 2. The van der Waals surface area contributed by atoms with Crippen molar-refractivity contribution in [2.24, 2.45) is 0 Å². The molecule has 0 amide bonds. The number of rotatable bonds is 2. The summed E-state index contributed by atoms with van der Waals surface area (Å²) in [6, 6.07) is 14.1. The molecule has 4 nitrogen and oxygen atoms in total. The monoisotopic (exact) mass is 306 g/mol. The molecule has 3 rings (SSSR count). The van der Waals surface area contributed by atoms with Gasteiger partial charge in [0.2, 0.25) is 5.69 Å². The van der Waals surface area contributed by atoms with Crippen LogP contribution in [-0.4, -0.2) is 5.16 Å². The van der Waals surface area contributed by atoms with Crippen LogP contribution in [0.25, 0.3) is 22.5 Å². The SMILES string of the molecule is [O-][n+]1onc(-c2ccccc2Cl)c1-c1ccccc1Cl. The number of aromatic nitrogens is 2. The van der Waals surface area contributed by atoms with E-state index >= 15 is 0 Å². The summed E-state index contributed by atoms with van der Waals surface area (Å²) in [7, 11) is 0. The molecular weight excluding hydrogens is 299 g/mol. The molecule has 0 atom stereocenters. The Kier molecular flexibility index (Phi) is 3.34. The molecule has 0 unspecified atom stereocenters. The van der Waals surface area contributed by atoms with Gasteiger partial charge in [0.1, 0.15) is 0 Å². The Morgan fingerprint density at radius 2 is 1.45 bits per heavy atom. The van der Waals surface area contributed by atoms with Gasteiger partial charge in [-0.1, -0.05) is 47.5 Å². The molecule has 0 fully saturated rings. The zero-order chi connectivity index (χ0) is 14.1. The van der Waals surface area contributed by atoms with Gasteiger partial charge in [-0.3, -0.25) is 4.63 Å². The molecule has 1 heterocycles. The highest BCUT2D eigenvalue weighted by atomic mass is 35.5. The molecule has 3 aromatic rings.